The summed E-state index contributed by atoms with van der Waals surface area (Å²) in [4.78, 5) is 30.8. The molecule has 0 radical (unpaired) electrons. The summed E-state index contributed by atoms with van der Waals surface area (Å²) >= 11 is 0. The van der Waals surface area contributed by atoms with Crippen LogP contribution in [0.4, 0.5) is 4.39 Å². The van der Waals surface area contributed by atoms with Crippen molar-refractivity contribution in [3.8, 4) is 23.1 Å². The fourth-order valence-electron chi connectivity index (χ4n) is 2.68. The number of methoxy groups -OCH3 is 2. The highest BCUT2D eigenvalue weighted by atomic mass is 19.1. The second-order valence-corrected chi connectivity index (χ2v) is 5.97. The van der Waals surface area contributed by atoms with E-state index >= 15 is 0 Å². The summed E-state index contributed by atoms with van der Waals surface area (Å²) in [5.41, 5.74) is -0.972. The molecule has 150 valence electrons. The largest absolute Gasteiger partial charge is 0.497 e. The maximum atomic E-state index is 13.0. The molecule has 2 N–H and O–H groups in total. The normalized spacial score (nSPS) is 11.0. The van der Waals surface area contributed by atoms with Gasteiger partial charge in [0.1, 0.15) is 22.9 Å². The second-order valence-electron chi connectivity index (χ2n) is 5.97. The predicted molar refractivity (Wildman–Crippen MR) is 105 cm³/mol. The van der Waals surface area contributed by atoms with Crippen LogP contribution in [0.25, 0.3) is 5.69 Å². The van der Waals surface area contributed by atoms with Crippen molar-refractivity contribution in [3.63, 3.8) is 0 Å². The van der Waals surface area contributed by atoms with Gasteiger partial charge in [-0.1, -0.05) is 12.1 Å². The summed E-state index contributed by atoms with van der Waals surface area (Å²) in [7, 11) is 2.86. The van der Waals surface area contributed by atoms with Crippen LogP contribution in [0.3, 0.4) is 0 Å². The smallest absolute Gasteiger partial charge is 0.335 e. The van der Waals surface area contributed by atoms with Gasteiger partial charge in [-0.25, -0.2) is 13.8 Å². The number of nitrogens with zero attached hydrogens (tertiary/aromatic N) is 2. The number of benzene rings is 2. The Labute approximate surface area is 164 Å². The first-order valence-corrected chi connectivity index (χ1v) is 8.49. The van der Waals surface area contributed by atoms with Gasteiger partial charge in [-0.2, -0.15) is 0 Å². The van der Waals surface area contributed by atoms with Gasteiger partial charge in [0.25, 0.3) is 5.56 Å². The van der Waals surface area contributed by atoms with E-state index in [0.29, 0.717) is 11.3 Å². The van der Waals surface area contributed by atoms with Crippen LogP contribution in [0, 0.1) is 5.82 Å². The lowest BCUT2D eigenvalue weighted by atomic mass is 10.2. The topological polar surface area (TPSA) is 106 Å². The fraction of sp³-hybridized carbons (Fsp3) is 0.150. The van der Waals surface area contributed by atoms with Crippen LogP contribution in [0.2, 0.25) is 0 Å². The molecule has 3 rings (SSSR count). The van der Waals surface area contributed by atoms with E-state index in [1.54, 1.807) is 24.3 Å². The van der Waals surface area contributed by atoms with Crippen molar-refractivity contribution in [2.45, 2.75) is 6.54 Å². The van der Waals surface area contributed by atoms with E-state index in [2.05, 4.69) is 9.98 Å². The van der Waals surface area contributed by atoms with Crippen molar-refractivity contribution in [2.24, 2.45) is 4.99 Å². The number of aromatic nitrogens is 2. The molecule has 0 fully saturated rings. The lowest BCUT2D eigenvalue weighted by Gasteiger charge is -2.14. The number of aromatic amines is 1. The molecule has 0 aliphatic carbocycles. The minimum absolute atomic E-state index is 0.154. The number of hydrogen-bond acceptors (Lipinski definition) is 6. The molecule has 0 aliphatic rings. The zero-order valence-corrected chi connectivity index (χ0v) is 15.7. The molecule has 9 heteroatoms. The van der Waals surface area contributed by atoms with E-state index in [1.165, 1.54) is 32.4 Å². The van der Waals surface area contributed by atoms with Crippen LogP contribution in [-0.2, 0) is 6.54 Å². The van der Waals surface area contributed by atoms with Crippen molar-refractivity contribution in [3.05, 3.63) is 80.2 Å². The molecule has 3 aromatic rings. The molecule has 0 saturated heterocycles. The molecule has 0 aliphatic heterocycles. The first kappa shape index (κ1) is 19.9. The average Bonchev–Trinajstić information content (AvgIpc) is 2.71. The third-order valence-electron chi connectivity index (χ3n) is 4.16. The Morgan fingerprint density at radius 2 is 1.86 bits per heavy atom. The average molecular weight is 399 g/mol. The SMILES string of the molecule is COc1ccc(OC)c(-n2c(O)c(C=NCc3ccc(F)cc3)c(=O)[nH]c2=O)c1. The molecule has 0 bridgehead atoms. The van der Waals surface area contributed by atoms with Crippen LogP contribution in [0.1, 0.15) is 11.1 Å². The molecule has 1 heterocycles. The summed E-state index contributed by atoms with van der Waals surface area (Å²) in [6.07, 6.45) is 1.15. The van der Waals surface area contributed by atoms with Crippen molar-refractivity contribution in [1.29, 1.82) is 0 Å². The molecule has 1 aromatic heterocycles. The van der Waals surface area contributed by atoms with Gasteiger partial charge in [-0.15, -0.1) is 0 Å². The molecular formula is C20H18FN3O5. The van der Waals surface area contributed by atoms with Crippen LogP contribution in [0.5, 0.6) is 17.4 Å². The molecule has 0 atom stereocenters. The molecule has 0 spiro atoms. The molecule has 0 saturated carbocycles. The molecule has 2 aromatic carbocycles. The van der Waals surface area contributed by atoms with E-state index in [-0.39, 0.29) is 29.4 Å². The zero-order chi connectivity index (χ0) is 21.0. The van der Waals surface area contributed by atoms with Crippen molar-refractivity contribution in [2.75, 3.05) is 14.2 Å². The molecule has 0 amide bonds. The van der Waals surface area contributed by atoms with Gasteiger partial charge in [0.15, 0.2) is 0 Å². The lowest BCUT2D eigenvalue weighted by Crippen LogP contribution is -2.31. The number of rotatable bonds is 6. The number of hydrogen-bond donors (Lipinski definition) is 2. The van der Waals surface area contributed by atoms with Gasteiger partial charge >= 0.3 is 5.69 Å². The first-order valence-electron chi connectivity index (χ1n) is 8.49. The predicted octanol–water partition coefficient (Wildman–Crippen LogP) is 2.01. The first-order chi connectivity index (χ1) is 13.9. The van der Waals surface area contributed by atoms with E-state index in [1.807, 2.05) is 0 Å². The number of halogens is 1. The number of ether oxygens (including phenoxy) is 2. The summed E-state index contributed by atoms with van der Waals surface area (Å²) in [5, 5.41) is 10.6. The van der Waals surface area contributed by atoms with Crippen LogP contribution in [-0.4, -0.2) is 35.1 Å². The van der Waals surface area contributed by atoms with E-state index in [4.69, 9.17) is 9.47 Å². The summed E-state index contributed by atoms with van der Waals surface area (Å²) in [6, 6.07) is 10.4. The Kier molecular flexibility index (Phi) is 5.77. The minimum atomic E-state index is -0.852. The maximum absolute atomic E-state index is 13.0. The molecular weight excluding hydrogens is 381 g/mol. The summed E-state index contributed by atoms with van der Waals surface area (Å²) in [5.74, 6) is -0.270. The lowest BCUT2D eigenvalue weighted by molar-refractivity contribution is 0.393. The Bertz CT molecular complexity index is 1170. The van der Waals surface area contributed by atoms with Crippen LogP contribution in [0.15, 0.2) is 57.0 Å². The Balaban J connectivity index is 2.05. The number of aliphatic imine (C=N–C) groups is 1. The third-order valence-corrected chi connectivity index (χ3v) is 4.16. The Hall–Kier alpha value is -3.88. The Morgan fingerprint density at radius 3 is 2.52 bits per heavy atom. The molecule has 0 unspecified atom stereocenters. The van der Waals surface area contributed by atoms with Crippen LogP contribution >= 0.6 is 0 Å². The summed E-state index contributed by atoms with van der Waals surface area (Å²) in [6.45, 7) is 0.154. The maximum Gasteiger partial charge on any atom is 0.335 e. The quantitative estimate of drug-likeness (QED) is 0.617. The number of aromatic hydroxyl groups is 1. The monoisotopic (exact) mass is 399 g/mol. The van der Waals surface area contributed by atoms with Gasteiger partial charge in [0.2, 0.25) is 5.88 Å². The van der Waals surface area contributed by atoms with E-state index < -0.39 is 17.1 Å². The van der Waals surface area contributed by atoms with Gasteiger partial charge in [-0.05, 0) is 29.8 Å². The highest BCUT2D eigenvalue weighted by Gasteiger charge is 2.18. The third kappa shape index (κ3) is 4.18. The van der Waals surface area contributed by atoms with Crippen LogP contribution < -0.4 is 20.7 Å². The van der Waals surface area contributed by atoms with Crippen molar-refractivity contribution in [1.82, 2.24) is 9.55 Å². The number of nitrogens with one attached hydrogen (secondary N) is 1. The van der Waals surface area contributed by atoms with Crippen molar-refractivity contribution >= 4 is 6.21 Å². The fourth-order valence-corrected chi connectivity index (χ4v) is 2.68. The number of H-pyrrole nitrogens is 1. The minimum Gasteiger partial charge on any atom is -0.497 e. The standard InChI is InChI=1S/C20H18FN3O5/c1-28-14-7-8-17(29-2)16(9-14)24-19(26)15(18(25)23-20(24)27)11-22-10-12-3-5-13(21)6-4-12/h3-9,11,26H,10H2,1-2H3,(H,23,25,27). The van der Waals surface area contributed by atoms with Gasteiger partial charge in [-0.3, -0.25) is 14.8 Å². The van der Waals surface area contributed by atoms with Gasteiger partial charge in [0.05, 0.1) is 26.5 Å². The van der Waals surface area contributed by atoms with E-state index in [9.17, 15) is 19.1 Å². The summed E-state index contributed by atoms with van der Waals surface area (Å²) < 4.78 is 24.3. The Morgan fingerprint density at radius 1 is 1.14 bits per heavy atom. The highest BCUT2D eigenvalue weighted by molar-refractivity contribution is 5.82. The highest BCUT2D eigenvalue weighted by Crippen LogP contribution is 2.29. The molecule has 29 heavy (non-hydrogen) atoms. The van der Waals surface area contributed by atoms with Gasteiger partial charge < -0.3 is 14.6 Å². The van der Waals surface area contributed by atoms with Crippen molar-refractivity contribution < 1.29 is 19.0 Å². The van der Waals surface area contributed by atoms with Gasteiger partial charge in [0, 0.05) is 12.3 Å². The van der Waals surface area contributed by atoms with E-state index in [0.717, 1.165) is 10.8 Å². The molecule has 8 nitrogen and oxygen atoms in total. The zero-order valence-electron chi connectivity index (χ0n) is 15.7. The second kappa shape index (κ2) is 8.42.